The van der Waals surface area contributed by atoms with E-state index < -0.39 is 6.04 Å². The molecule has 3 amide bonds. The molecule has 138 valence electrons. The van der Waals surface area contributed by atoms with Crippen LogP contribution in [-0.4, -0.2) is 47.4 Å². The first-order valence-corrected chi connectivity index (χ1v) is 9.16. The molecule has 0 aliphatic carbocycles. The van der Waals surface area contributed by atoms with Crippen molar-refractivity contribution in [1.29, 1.82) is 0 Å². The largest absolute Gasteiger partial charge is 0.376 e. The number of hydrogen-bond acceptors (Lipinski definition) is 5. The highest BCUT2D eigenvalue weighted by atomic mass is 16.5. The van der Waals surface area contributed by atoms with E-state index in [2.05, 4.69) is 5.32 Å². The van der Waals surface area contributed by atoms with E-state index in [0.717, 1.165) is 37.0 Å². The number of carbonyl (C=O) groups is 3. The Bertz CT molecular complexity index is 763. The highest BCUT2D eigenvalue weighted by molar-refractivity contribution is 6.05. The van der Waals surface area contributed by atoms with Crippen molar-refractivity contribution in [2.24, 2.45) is 5.73 Å². The molecule has 0 aromatic heterocycles. The fourth-order valence-corrected chi connectivity index (χ4v) is 4.06. The third-order valence-corrected chi connectivity index (χ3v) is 5.52. The first-order valence-electron chi connectivity index (χ1n) is 9.16. The fraction of sp³-hybridized carbons (Fsp3) is 0.526. The number of benzene rings is 1. The highest BCUT2D eigenvalue weighted by Crippen LogP contribution is 2.29. The maximum absolute atomic E-state index is 12.7. The molecule has 3 atom stereocenters. The maximum Gasteiger partial charge on any atom is 0.255 e. The van der Waals surface area contributed by atoms with E-state index in [0.29, 0.717) is 18.5 Å². The molecule has 1 unspecified atom stereocenters. The van der Waals surface area contributed by atoms with Crippen LogP contribution in [0.1, 0.15) is 47.2 Å². The van der Waals surface area contributed by atoms with Crippen LogP contribution in [-0.2, 0) is 27.3 Å². The number of nitrogens with two attached hydrogens (primary N) is 1. The van der Waals surface area contributed by atoms with Gasteiger partial charge in [-0.25, -0.2) is 0 Å². The normalized spacial score (nSPS) is 28.9. The number of hydrogen-bond donors (Lipinski definition) is 2. The van der Waals surface area contributed by atoms with Crippen molar-refractivity contribution in [1.82, 2.24) is 10.2 Å². The van der Waals surface area contributed by atoms with Gasteiger partial charge in [-0.05, 0) is 36.5 Å². The number of carbonyl (C=O) groups excluding carboxylic acids is 3. The van der Waals surface area contributed by atoms with E-state index in [4.69, 9.17) is 10.5 Å². The summed E-state index contributed by atoms with van der Waals surface area (Å²) in [6.07, 6.45) is 3.33. The molecule has 1 aromatic carbocycles. The van der Waals surface area contributed by atoms with Gasteiger partial charge in [-0.15, -0.1) is 0 Å². The SMILES string of the molecule is N[C@H]1CCCO[C@@H]1Cc1ccc2c(c1)CN(C1CCC(=O)NC1=O)C2=O. The Morgan fingerprint density at radius 1 is 1.23 bits per heavy atom. The number of imide groups is 1. The lowest BCUT2D eigenvalue weighted by Gasteiger charge is -2.29. The Balaban J connectivity index is 1.49. The van der Waals surface area contributed by atoms with Crippen molar-refractivity contribution >= 4 is 17.7 Å². The fourth-order valence-electron chi connectivity index (χ4n) is 4.06. The van der Waals surface area contributed by atoms with Gasteiger partial charge in [0.05, 0.1) is 6.10 Å². The predicted molar refractivity (Wildman–Crippen MR) is 93.1 cm³/mol. The monoisotopic (exact) mass is 357 g/mol. The number of nitrogens with zero attached hydrogens (tertiary/aromatic N) is 1. The summed E-state index contributed by atoms with van der Waals surface area (Å²) >= 11 is 0. The van der Waals surface area contributed by atoms with Gasteiger partial charge in [-0.3, -0.25) is 19.7 Å². The Hall–Kier alpha value is -2.25. The average Bonchev–Trinajstić information content (AvgIpc) is 2.93. The minimum absolute atomic E-state index is 0.00476. The first-order chi connectivity index (χ1) is 12.5. The quantitative estimate of drug-likeness (QED) is 0.767. The molecular formula is C19H23N3O4. The molecule has 0 spiro atoms. The van der Waals surface area contributed by atoms with Crippen molar-refractivity contribution in [2.45, 2.75) is 56.8 Å². The zero-order chi connectivity index (χ0) is 18.3. The minimum Gasteiger partial charge on any atom is -0.376 e. The van der Waals surface area contributed by atoms with Crippen LogP contribution in [0.15, 0.2) is 18.2 Å². The van der Waals surface area contributed by atoms with Gasteiger partial charge in [0.15, 0.2) is 0 Å². The average molecular weight is 357 g/mol. The molecule has 4 rings (SSSR count). The van der Waals surface area contributed by atoms with Crippen LogP contribution in [0.3, 0.4) is 0 Å². The summed E-state index contributed by atoms with van der Waals surface area (Å²) in [5, 5.41) is 2.32. The maximum atomic E-state index is 12.7. The molecule has 7 heteroatoms. The number of fused-ring (bicyclic) bond motifs is 1. The van der Waals surface area contributed by atoms with Gasteiger partial charge in [0.1, 0.15) is 6.04 Å². The highest BCUT2D eigenvalue weighted by Gasteiger charge is 2.39. The lowest BCUT2D eigenvalue weighted by atomic mass is 9.95. The van der Waals surface area contributed by atoms with Crippen LogP contribution < -0.4 is 11.1 Å². The molecule has 0 bridgehead atoms. The zero-order valence-corrected chi connectivity index (χ0v) is 14.6. The molecule has 0 saturated carbocycles. The van der Waals surface area contributed by atoms with Crippen molar-refractivity contribution in [2.75, 3.05) is 6.61 Å². The van der Waals surface area contributed by atoms with Crippen LogP contribution in [0.25, 0.3) is 0 Å². The van der Waals surface area contributed by atoms with Gasteiger partial charge < -0.3 is 15.4 Å². The standard InChI is InChI=1S/C19H23N3O4/c20-14-2-1-7-26-16(14)9-11-3-4-13-12(8-11)10-22(19(13)25)15-5-6-17(23)21-18(15)24/h3-4,8,14-16H,1-2,5-7,9-10,20H2,(H,21,23,24)/t14-,15?,16+/m0/s1. The van der Waals surface area contributed by atoms with Crippen LogP contribution in [0, 0.1) is 0 Å². The number of nitrogens with one attached hydrogen (secondary N) is 1. The van der Waals surface area contributed by atoms with Crippen molar-refractivity contribution in [3.8, 4) is 0 Å². The number of ether oxygens (including phenoxy) is 1. The second-order valence-electron chi connectivity index (χ2n) is 7.31. The zero-order valence-electron chi connectivity index (χ0n) is 14.6. The molecule has 2 saturated heterocycles. The van der Waals surface area contributed by atoms with Gasteiger partial charge in [-0.1, -0.05) is 12.1 Å². The minimum atomic E-state index is -0.578. The lowest BCUT2D eigenvalue weighted by molar-refractivity contribution is -0.136. The summed E-state index contributed by atoms with van der Waals surface area (Å²) in [4.78, 5) is 37.7. The predicted octanol–water partition coefficient (Wildman–Crippen LogP) is 0.496. The van der Waals surface area contributed by atoms with E-state index >= 15 is 0 Å². The molecule has 0 radical (unpaired) electrons. The van der Waals surface area contributed by atoms with Crippen LogP contribution in [0.5, 0.6) is 0 Å². The van der Waals surface area contributed by atoms with Crippen LogP contribution in [0.2, 0.25) is 0 Å². The van der Waals surface area contributed by atoms with Gasteiger partial charge in [0.25, 0.3) is 5.91 Å². The topological polar surface area (TPSA) is 102 Å². The number of piperidine rings is 1. The molecule has 3 N–H and O–H groups in total. The molecule has 7 nitrogen and oxygen atoms in total. The van der Waals surface area contributed by atoms with Crippen LogP contribution >= 0.6 is 0 Å². The second kappa shape index (κ2) is 6.81. The van der Waals surface area contributed by atoms with Crippen LogP contribution in [0.4, 0.5) is 0 Å². The smallest absolute Gasteiger partial charge is 0.255 e. The van der Waals surface area contributed by atoms with Crippen molar-refractivity contribution < 1.29 is 19.1 Å². The number of rotatable bonds is 3. The van der Waals surface area contributed by atoms with E-state index in [1.54, 1.807) is 4.90 Å². The summed E-state index contributed by atoms with van der Waals surface area (Å²) in [5.74, 6) is -0.808. The summed E-state index contributed by atoms with van der Waals surface area (Å²) in [5.41, 5.74) is 8.79. The third-order valence-electron chi connectivity index (χ3n) is 5.52. The molecular weight excluding hydrogens is 334 g/mol. The van der Waals surface area contributed by atoms with E-state index in [1.807, 2.05) is 18.2 Å². The summed E-state index contributed by atoms with van der Waals surface area (Å²) < 4.78 is 5.79. The lowest BCUT2D eigenvalue weighted by Crippen LogP contribution is -2.52. The van der Waals surface area contributed by atoms with Crippen molar-refractivity contribution in [3.63, 3.8) is 0 Å². The summed E-state index contributed by atoms with van der Waals surface area (Å²) in [7, 11) is 0. The molecule has 2 fully saturated rings. The third kappa shape index (κ3) is 3.12. The van der Waals surface area contributed by atoms with E-state index in [9.17, 15) is 14.4 Å². The Morgan fingerprint density at radius 3 is 2.85 bits per heavy atom. The molecule has 26 heavy (non-hydrogen) atoms. The van der Waals surface area contributed by atoms with Gasteiger partial charge >= 0.3 is 0 Å². The Kier molecular flexibility index (Phi) is 4.50. The van der Waals surface area contributed by atoms with E-state index in [-0.39, 0.29) is 36.3 Å². The van der Waals surface area contributed by atoms with E-state index in [1.165, 1.54) is 0 Å². The van der Waals surface area contributed by atoms with Gasteiger partial charge in [0.2, 0.25) is 11.8 Å². The molecule has 1 aromatic rings. The second-order valence-corrected chi connectivity index (χ2v) is 7.31. The first kappa shape index (κ1) is 17.2. The Labute approximate surface area is 151 Å². The molecule has 3 heterocycles. The molecule has 3 aliphatic heterocycles. The molecule has 3 aliphatic rings. The summed E-state index contributed by atoms with van der Waals surface area (Å²) in [6.45, 7) is 1.14. The van der Waals surface area contributed by atoms with Gasteiger partial charge in [-0.2, -0.15) is 0 Å². The van der Waals surface area contributed by atoms with Gasteiger partial charge in [0, 0.05) is 37.6 Å². The Morgan fingerprint density at radius 2 is 2.08 bits per heavy atom. The summed E-state index contributed by atoms with van der Waals surface area (Å²) in [6, 6.07) is 5.25. The van der Waals surface area contributed by atoms with Crippen molar-refractivity contribution in [3.05, 3.63) is 34.9 Å². The number of amides is 3.